The summed E-state index contributed by atoms with van der Waals surface area (Å²) in [5, 5.41) is 8.88. The third-order valence-electron chi connectivity index (χ3n) is 1.17. The van der Waals surface area contributed by atoms with E-state index in [1.54, 1.807) is 25.7 Å². The van der Waals surface area contributed by atoms with E-state index < -0.39 is 0 Å². The summed E-state index contributed by atoms with van der Waals surface area (Å²) in [7, 11) is 1.60. The van der Waals surface area contributed by atoms with Crippen LogP contribution >= 0.6 is 0 Å². The van der Waals surface area contributed by atoms with Gasteiger partial charge in [0.2, 0.25) is 0 Å². The van der Waals surface area contributed by atoms with Crippen LogP contribution in [0.3, 0.4) is 0 Å². The van der Waals surface area contributed by atoms with E-state index in [4.69, 9.17) is 9.84 Å². The van der Waals surface area contributed by atoms with Gasteiger partial charge < -0.3 is 9.84 Å². The lowest BCUT2D eigenvalue weighted by Gasteiger charge is -2.11. The molecule has 0 saturated heterocycles. The first-order valence-corrected chi connectivity index (χ1v) is 2.78. The van der Waals surface area contributed by atoms with Crippen molar-refractivity contribution in [1.82, 2.24) is 0 Å². The molecule has 0 amide bonds. The fourth-order valence-electron chi connectivity index (χ4n) is 0.690. The molecule has 0 aromatic heterocycles. The van der Waals surface area contributed by atoms with E-state index in [-0.39, 0.29) is 11.9 Å². The third-order valence-corrected chi connectivity index (χ3v) is 1.17. The summed E-state index contributed by atoms with van der Waals surface area (Å²) < 4.78 is 4.92. The fourth-order valence-corrected chi connectivity index (χ4v) is 0.690. The van der Waals surface area contributed by atoms with Crippen LogP contribution in [0.2, 0.25) is 0 Å². The molecule has 0 aliphatic heterocycles. The number of aliphatic hydroxyl groups excluding tert-OH is 1. The molecule has 0 saturated carbocycles. The Hall–Kier alpha value is -0.760. The summed E-state index contributed by atoms with van der Waals surface area (Å²) in [4.78, 5) is 0. The van der Waals surface area contributed by atoms with Gasteiger partial charge in [-0.25, -0.2) is 0 Å². The molecule has 1 atom stereocenters. The average Bonchev–Trinajstić information content (AvgIpc) is 1.88. The summed E-state index contributed by atoms with van der Waals surface area (Å²) in [6.07, 6.45) is 6.83. The number of rotatable bonds is 1. The predicted octanol–water partition coefficient (Wildman–Crippen LogP) is 1.22. The molecule has 9 heavy (non-hydrogen) atoms. The molecule has 0 aromatic carbocycles. The second kappa shape index (κ2) is 2.69. The number of methoxy groups -OCH3 is 1. The Kier molecular flexibility index (Phi) is 1.90. The van der Waals surface area contributed by atoms with Gasteiger partial charge in [-0.05, 0) is 6.08 Å². The van der Waals surface area contributed by atoms with Crippen molar-refractivity contribution in [2.45, 2.75) is 6.10 Å². The number of ether oxygens (including phenoxy) is 1. The molecule has 0 fully saturated rings. The van der Waals surface area contributed by atoms with Gasteiger partial charge in [0, 0.05) is 7.11 Å². The summed E-state index contributed by atoms with van der Waals surface area (Å²) in [6, 6.07) is 0. The molecular weight excluding hydrogens is 116 g/mol. The van der Waals surface area contributed by atoms with Crippen molar-refractivity contribution >= 4 is 0 Å². The molecule has 1 unspecified atom stereocenters. The topological polar surface area (TPSA) is 29.5 Å². The third kappa shape index (κ3) is 1.57. The van der Waals surface area contributed by atoms with Crippen LogP contribution in [0, 0.1) is 6.42 Å². The molecule has 1 rings (SSSR count). The SMILES string of the molecule is COC1[CH]C(O)=CC=C1. The minimum Gasteiger partial charge on any atom is -0.512 e. The Balaban J connectivity index is 2.51. The molecule has 2 nitrogen and oxygen atoms in total. The highest BCUT2D eigenvalue weighted by atomic mass is 16.5. The Labute approximate surface area is 54.5 Å². The summed E-state index contributed by atoms with van der Waals surface area (Å²) in [5.41, 5.74) is 0. The van der Waals surface area contributed by atoms with Gasteiger partial charge in [-0.1, -0.05) is 12.2 Å². The van der Waals surface area contributed by atoms with E-state index in [9.17, 15) is 0 Å². The van der Waals surface area contributed by atoms with Crippen LogP contribution in [-0.2, 0) is 4.74 Å². The van der Waals surface area contributed by atoms with Crippen LogP contribution in [0.4, 0.5) is 0 Å². The molecule has 0 bridgehead atoms. The normalized spacial score (nSPS) is 25.9. The molecule has 1 N–H and O–H groups in total. The lowest BCUT2D eigenvalue weighted by Crippen LogP contribution is -2.10. The Morgan fingerprint density at radius 1 is 1.67 bits per heavy atom. The fraction of sp³-hybridized carbons (Fsp3) is 0.286. The molecule has 1 radical (unpaired) electrons. The zero-order chi connectivity index (χ0) is 6.69. The van der Waals surface area contributed by atoms with E-state index in [0.29, 0.717) is 0 Å². The van der Waals surface area contributed by atoms with E-state index in [0.717, 1.165) is 0 Å². The van der Waals surface area contributed by atoms with Crippen LogP contribution in [0.1, 0.15) is 0 Å². The number of allylic oxidation sites excluding steroid dienone is 2. The van der Waals surface area contributed by atoms with Gasteiger partial charge in [-0.3, -0.25) is 0 Å². The van der Waals surface area contributed by atoms with Gasteiger partial charge in [-0.2, -0.15) is 0 Å². The maximum absolute atomic E-state index is 8.88. The number of hydrogen-bond donors (Lipinski definition) is 1. The van der Waals surface area contributed by atoms with Crippen molar-refractivity contribution < 1.29 is 9.84 Å². The van der Waals surface area contributed by atoms with Gasteiger partial charge in [0.05, 0.1) is 18.3 Å². The molecule has 0 heterocycles. The molecule has 0 aromatic rings. The Morgan fingerprint density at radius 3 is 2.89 bits per heavy atom. The largest absolute Gasteiger partial charge is 0.512 e. The first-order chi connectivity index (χ1) is 4.33. The molecular formula is C7H9O2. The lowest BCUT2D eigenvalue weighted by molar-refractivity contribution is 0.160. The van der Waals surface area contributed by atoms with E-state index in [1.807, 2.05) is 6.08 Å². The maximum Gasteiger partial charge on any atom is 0.0991 e. The zero-order valence-corrected chi connectivity index (χ0v) is 5.24. The van der Waals surface area contributed by atoms with Crippen LogP contribution in [0.15, 0.2) is 24.0 Å². The second-order valence-corrected chi connectivity index (χ2v) is 1.84. The van der Waals surface area contributed by atoms with Crippen LogP contribution in [0.5, 0.6) is 0 Å². The van der Waals surface area contributed by atoms with Crippen molar-refractivity contribution in [1.29, 1.82) is 0 Å². The van der Waals surface area contributed by atoms with Gasteiger partial charge in [0.25, 0.3) is 0 Å². The van der Waals surface area contributed by atoms with Crippen LogP contribution in [-0.4, -0.2) is 18.3 Å². The molecule has 0 spiro atoms. The summed E-state index contributed by atoms with van der Waals surface area (Å²) in [6.45, 7) is 0. The highest BCUT2D eigenvalue weighted by Crippen LogP contribution is 2.09. The van der Waals surface area contributed by atoms with Gasteiger partial charge in [0.1, 0.15) is 0 Å². The van der Waals surface area contributed by atoms with Gasteiger partial charge in [0.15, 0.2) is 0 Å². The van der Waals surface area contributed by atoms with Crippen molar-refractivity contribution in [3.8, 4) is 0 Å². The quantitative estimate of drug-likeness (QED) is 0.571. The monoisotopic (exact) mass is 125 g/mol. The van der Waals surface area contributed by atoms with E-state index in [2.05, 4.69) is 0 Å². The smallest absolute Gasteiger partial charge is 0.0991 e. The predicted molar refractivity (Wildman–Crippen MR) is 34.9 cm³/mol. The number of aliphatic hydroxyl groups is 1. The molecule has 2 heteroatoms. The minimum atomic E-state index is -0.0602. The first-order valence-electron chi connectivity index (χ1n) is 2.78. The van der Waals surface area contributed by atoms with Crippen molar-refractivity contribution in [3.63, 3.8) is 0 Å². The molecule has 1 aliphatic rings. The Morgan fingerprint density at radius 2 is 2.44 bits per heavy atom. The van der Waals surface area contributed by atoms with Crippen LogP contribution in [0.25, 0.3) is 0 Å². The van der Waals surface area contributed by atoms with E-state index in [1.165, 1.54) is 0 Å². The number of hydrogen-bond acceptors (Lipinski definition) is 2. The summed E-state index contributed by atoms with van der Waals surface area (Å²) >= 11 is 0. The van der Waals surface area contributed by atoms with Crippen molar-refractivity contribution in [3.05, 3.63) is 30.4 Å². The second-order valence-electron chi connectivity index (χ2n) is 1.84. The zero-order valence-electron chi connectivity index (χ0n) is 5.24. The Bertz CT molecular complexity index is 147. The maximum atomic E-state index is 8.88. The summed E-state index contributed by atoms with van der Waals surface area (Å²) in [5.74, 6) is 0.268. The van der Waals surface area contributed by atoms with Crippen molar-refractivity contribution in [2.75, 3.05) is 7.11 Å². The molecule has 49 valence electrons. The van der Waals surface area contributed by atoms with Crippen LogP contribution < -0.4 is 0 Å². The van der Waals surface area contributed by atoms with Gasteiger partial charge >= 0.3 is 0 Å². The highest BCUT2D eigenvalue weighted by Gasteiger charge is 2.08. The molecule has 1 aliphatic carbocycles. The lowest BCUT2D eigenvalue weighted by atomic mass is 10.1. The minimum absolute atomic E-state index is 0.0602. The van der Waals surface area contributed by atoms with Crippen molar-refractivity contribution in [2.24, 2.45) is 0 Å². The standard InChI is InChI=1S/C7H9O2/c1-9-7-4-2-3-6(8)5-7/h2-5,7-8H,1H3. The van der Waals surface area contributed by atoms with E-state index >= 15 is 0 Å². The van der Waals surface area contributed by atoms with Gasteiger partial charge in [-0.15, -0.1) is 0 Å². The first kappa shape index (κ1) is 6.36. The highest BCUT2D eigenvalue weighted by molar-refractivity contribution is 5.24. The average molecular weight is 125 g/mol.